The fourth-order valence-corrected chi connectivity index (χ4v) is 10.4. The van der Waals surface area contributed by atoms with E-state index >= 15 is 0 Å². The lowest BCUT2D eigenvalue weighted by atomic mass is 9.80. The Morgan fingerprint density at radius 1 is 1.06 bits per heavy atom. The van der Waals surface area contributed by atoms with Gasteiger partial charge in [-0.1, -0.05) is 29.8 Å². The van der Waals surface area contributed by atoms with Crippen molar-refractivity contribution < 1.29 is 27.4 Å². The Hall–Kier alpha value is -3.75. The number of benzene rings is 1. The van der Waals surface area contributed by atoms with Crippen LogP contribution in [0.15, 0.2) is 72.0 Å². The summed E-state index contributed by atoms with van der Waals surface area (Å²) in [4.78, 5) is 26.6. The maximum absolute atomic E-state index is 14.8. The molecule has 4 aromatic rings. The lowest BCUT2D eigenvalue weighted by Gasteiger charge is -2.39. The van der Waals surface area contributed by atoms with Gasteiger partial charge in [-0.15, -0.1) is 11.3 Å². The first-order valence-corrected chi connectivity index (χ1v) is 20.1. The molecule has 1 unspecified atom stereocenters. The minimum Gasteiger partial charge on any atom is -0.444 e. The number of amides is 1. The average molecular weight is 766 g/mol. The first-order valence-electron chi connectivity index (χ1n) is 17.5. The first-order chi connectivity index (χ1) is 24.7. The summed E-state index contributed by atoms with van der Waals surface area (Å²) in [7, 11) is -2.50. The third-order valence-corrected chi connectivity index (χ3v) is 13.8. The normalized spacial score (nSPS) is 20.7. The lowest BCUT2D eigenvalue weighted by molar-refractivity contribution is -0.171. The molecule has 2 aliphatic carbocycles. The van der Waals surface area contributed by atoms with Crippen LogP contribution in [0.3, 0.4) is 0 Å². The van der Waals surface area contributed by atoms with Gasteiger partial charge < -0.3 is 24.0 Å². The third kappa shape index (κ3) is 6.77. The van der Waals surface area contributed by atoms with Crippen LogP contribution in [-0.2, 0) is 29.8 Å². The van der Waals surface area contributed by atoms with Gasteiger partial charge in [0.05, 0.1) is 10.6 Å². The van der Waals surface area contributed by atoms with Crippen LogP contribution in [0, 0.1) is 0 Å². The zero-order chi connectivity index (χ0) is 36.9. The number of methoxy groups -OCH3 is 1. The molecule has 2 fully saturated rings. The highest BCUT2D eigenvalue weighted by Crippen LogP contribution is 2.49. The Balaban J connectivity index is 1.14. The summed E-state index contributed by atoms with van der Waals surface area (Å²) in [5, 5.41) is 1.95. The summed E-state index contributed by atoms with van der Waals surface area (Å²) < 4.78 is 46.4. The predicted octanol–water partition coefficient (Wildman–Crippen LogP) is 7.76. The second kappa shape index (κ2) is 13.9. The van der Waals surface area contributed by atoms with E-state index in [9.17, 15) is 13.2 Å². The summed E-state index contributed by atoms with van der Waals surface area (Å²) in [5.74, 6) is 0. The lowest BCUT2D eigenvalue weighted by Crippen LogP contribution is -2.50. The number of fused-ring (bicyclic) bond motifs is 1. The molecule has 1 aromatic carbocycles. The fourth-order valence-electron chi connectivity index (χ4n) is 6.88. The fraction of sp³-hybridized carbons (Fsp3) is 0.447. The van der Waals surface area contributed by atoms with Gasteiger partial charge in [-0.25, -0.2) is 27.2 Å². The van der Waals surface area contributed by atoms with Gasteiger partial charge in [-0.3, -0.25) is 0 Å². The second-order valence-electron chi connectivity index (χ2n) is 14.8. The second-order valence-corrected chi connectivity index (χ2v) is 18.5. The Labute approximate surface area is 313 Å². The van der Waals surface area contributed by atoms with Crippen LogP contribution in [0.1, 0.15) is 63.3 Å². The smallest absolute Gasteiger partial charge is 0.410 e. The number of thiazole rings is 1. The molecule has 11 nitrogen and oxygen atoms in total. The summed E-state index contributed by atoms with van der Waals surface area (Å²) in [6, 6.07) is 13.4. The van der Waals surface area contributed by atoms with Crippen LogP contribution in [0.2, 0.25) is 0 Å². The molecular weight excluding hydrogens is 722 g/mol. The van der Waals surface area contributed by atoms with Crippen LogP contribution < -0.4 is 4.90 Å². The van der Waals surface area contributed by atoms with E-state index in [1.54, 1.807) is 43.5 Å². The van der Waals surface area contributed by atoms with Crippen molar-refractivity contribution in [2.45, 2.75) is 69.3 Å². The maximum atomic E-state index is 14.8. The maximum Gasteiger partial charge on any atom is 0.410 e. The van der Waals surface area contributed by atoms with E-state index in [0.29, 0.717) is 47.9 Å². The molecule has 0 N–H and O–H groups in total. The number of nitrogens with zero attached hydrogens (tertiary/aromatic N) is 5. The number of pyridine rings is 1. The number of aromatic nitrogens is 3. The van der Waals surface area contributed by atoms with E-state index in [4.69, 9.17) is 30.8 Å². The minimum absolute atomic E-state index is 0.193. The number of halogens is 1. The molecule has 4 heterocycles. The summed E-state index contributed by atoms with van der Waals surface area (Å²) in [6.07, 6.45) is 9.66. The van der Waals surface area contributed by atoms with E-state index in [-0.39, 0.29) is 19.3 Å². The van der Waals surface area contributed by atoms with E-state index in [1.165, 1.54) is 15.3 Å². The van der Waals surface area contributed by atoms with Gasteiger partial charge in [0, 0.05) is 67.4 Å². The largest absolute Gasteiger partial charge is 0.444 e. The molecule has 7 rings (SSSR count). The van der Waals surface area contributed by atoms with Gasteiger partial charge >= 0.3 is 6.09 Å². The Bertz CT molecular complexity index is 2140. The molecule has 1 saturated heterocycles. The van der Waals surface area contributed by atoms with Crippen LogP contribution >= 0.6 is 22.9 Å². The number of piperazine rings is 1. The van der Waals surface area contributed by atoms with Crippen molar-refractivity contribution in [3.8, 4) is 11.3 Å². The highest BCUT2D eigenvalue weighted by Gasteiger charge is 2.45. The monoisotopic (exact) mass is 765 g/mol. The number of carbonyl (C=O) groups excluding carboxylic acids is 1. The van der Waals surface area contributed by atoms with Crippen LogP contribution in [0.5, 0.6) is 0 Å². The highest BCUT2D eigenvalue weighted by atomic mass is 35.5. The topological polar surface area (TPSA) is 116 Å². The number of carbonyl (C=O) groups is 1. The van der Waals surface area contributed by atoms with E-state index in [2.05, 4.69) is 9.88 Å². The van der Waals surface area contributed by atoms with Crippen LogP contribution in [-0.4, -0.2) is 83.8 Å². The summed E-state index contributed by atoms with van der Waals surface area (Å²) >= 11 is 8.46. The van der Waals surface area contributed by atoms with Crippen LogP contribution in [0.25, 0.3) is 27.9 Å². The molecule has 1 atom stereocenters. The minimum atomic E-state index is -4.10. The zero-order valence-electron chi connectivity index (χ0n) is 30.1. The van der Waals surface area contributed by atoms with Gasteiger partial charge in [0.15, 0.2) is 5.65 Å². The summed E-state index contributed by atoms with van der Waals surface area (Å²) in [5.41, 5.74) is 2.37. The third-order valence-electron chi connectivity index (χ3n) is 9.99. The van der Waals surface area contributed by atoms with Gasteiger partial charge in [0.1, 0.15) is 27.7 Å². The molecule has 1 saturated carbocycles. The van der Waals surface area contributed by atoms with Gasteiger partial charge in [-0.2, -0.15) is 0 Å². The van der Waals surface area contributed by atoms with Crippen molar-refractivity contribution in [2.75, 3.05) is 45.0 Å². The molecule has 3 aliphatic rings. The molecular formula is C38H44ClN5O6S2. The van der Waals surface area contributed by atoms with E-state index < -0.39 is 26.0 Å². The van der Waals surface area contributed by atoms with Gasteiger partial charge in [0.2, 0.25) is 10.0 Å². The molecule has 1 amide bonds. The SMILES string of the molecule is COCOC1(c2ncc(C3=CCC(C)(S(=O)(=O)n4c(-c5ccc(N6CCN(C(=O)OC(C)(C)C)CC6)cc5)cc5cccnc54)C=C3Cl)s2)CCC1. The number of anilines is 1. The van der Waals surface area contributed by atoms with Crippen molar-refractivity contribution in [1.82, 2.24) is 18.8 Å². The molecule has 1 aliphatic heterocycles. The molecule has 276 valence electrons. The average Bonchev–Trinajstić information content (AvgIpc) is 3.74. The number of hydrogen-bond donors (Lipinski definition) is 0. The van der Waals surface area contributed by atoms with E-state index in [1.807, 2.05) is 63.2 Å². The number of hydrogen-bond acceptors (Lipinski definition) is 10. The first kappa shape index (κ1) is 36.6. The molecule has 3 aromatic heterocycles. The molecule has 0 bridgehead atoms. The van der Waals surface area contributed by atoms with E-state index in [0.717, 1.165) is 46.0 Å². The van der Waals surface area contributed by atoms with Crippen molar-refractivity contribution in [3.63, 3.8) is 0 Å². The predicted molar refractivity (Wildman–Crippen MR) is 205 cm³/mol. The summed E-state index contributed by atoms with van der Waals surface area (Å²) in [6.45, 7) is 9.90. The quantitative estimate of drug-likeness (QED) is 0.158. The standard InChI is InChI=1S/C38H44ClN5O6S2/c1-36(2,3)50-35(45)43-20-18-42(19-21-43)28-11-9-26(10-12-28)31-22-27-8-6-17-40-33(27)44(31)52(46,47)37(4)16-13-29(30(39)23-37)32-24-41-34(51-32)38(14-7-15-38)49-25-48-5/h6,8-13,17,22-24H,7,14-16,18-21,25H2,1-5H3. The number of rotatable bonds is 9. The van der Waals surface area contributed by atoms with Crippen molar-refractivity contribution in [1.29, 1.82) is 0 Å². The Morgan fingerprint density at radius 3 is 2.42 bits per heavy atom. The molecule has 52 heavy (non-hydrogen) atoms. The number of ether oxygens (including phenoxy) is 3. The Kier molecular flexibility index (Phi) is 9.79. The van der Waals surface area contributed by atoms with Crippen molar-refractivity contribution in [2.24, 2.45) is 0 Å². The molecule has 0 radical (unpaired) electrons. The number of allylic oxidation sites excluding steroid dienone is 3. The van der Waals surface area contributed by atoms with Crippen molar-refractivity contribution >= 4 is 61.3 Å². The zero-order valence-corrected chi connectivity index (χ0v) is 32.5. The molecule has 0 spiro atoms. The van der Waals surface area contributed by atoms with Gasteiger partial charge in [-0.05, 0) is 95.3 Å². The highest BCUT2D eigenvalue weighted by molar-refractivity contribution is 7.91. The van der Waals surface area contributed by atoms with Crippen molar-refractivity contribution in [3.05, 3.63) is 81.9 Å². The van der Waals surface area contributed by atoms with Crippen LogP contribution in [0.4, 0.5) is 10.5 Å². The molecule has 14 heteroatoms. The van der Waals surface area contributed by atoms with Gasteiger partial charge in [0.25, 0.3) is 0 Å². The Morgan fingerprint density at radius 2 is 1.79 bits per heavy atom.